The average molecular weight is 330 g/mol. The Kier molecular flexibility index (Phi) is 3.49. The molecule has 3 aromatic rings. The van der Waals surface area contributed by atoms with Gasteiger partial charge in [-0.2, -0.15) is 0 Å². The van der Waals surface area contributed by atoms with Crippen LogP contribution in [0.25, 0.3) is 10.9 Å². The molecule has 25 heavy (non-hydrogen) atoms. The second-order valence-corrected chi connectivity index (χ2v) is 7.99. The first-order valence-electron chi connectivity index (χ1n) is 9.57. The summed E-state index contributed by atoms with van der Waals surface area (Å²) in [6.07, 6.45) is 3.62. The highest BCUT2D eigenvalue weighted by atomic mass is 15.1. The summed E-state index contributed by atoms with van der Waals surface area (Å²) in [7, 11) is 2.25. The third kappa shape index (κ3) is 2.43. The number of rotatable bonds is 1. The van der Waals surface area contributed by atoms with Gasteiger partial charge in [-0.1, -0.05) is 42.0 Å². The maximum absolute atomic E-state index is 2.69. The number of fused-ring (bicyclic) bond motifs is 3. The largest absolute Gasteiger partial charge is 0.343 e. The highest BCUT2D eigenvalue weighted by Gasteiger charge is 2.28. The molecule has 2 aliphatic rings. The van der Waals surface area contributed by atoms with Crippen LogP contribution in [0, 0.1) is 6.92 Å². The molecule has 2 nitrogen and oxygen atoms in total. The lowest BCUT2D eigenvalue weighted by Gasteiger charge is -2.25. The number of nitrogens with zero attached hydrogens (tertiary/aromatic N) is 2. The van der Waals surface area contributed by atoms with Crippen LogP contribution in [0.2, 0.25) is 0 Å². The number of hydrogen-bond acceptors (Lipinski definition) is 1. The van der Waals surface area contributed by atoms with Crippen molar-refractivity contribution in [1.29, 1.82) is 0 Å². The molecule has 0 radical (unpaired) electrons. The summed E-state index contributed by atoms with van der Waals surface area (Å²) < 4.78 is 2.69. The van der Waals surface area contributed by atoms with Gasteiger partial charge in [0.05, 0.1) is 5.52 Å². The van der Waals surface area contributed by atoms with E-state index < -0.39 is 0 Å². The van der Waals surface area contributed by atoms with Crippen molar-refractivity contribution in [2.24, 2.45) is 0 Å². The fourth-order valence-electron chi connectivity index (χ4n) is 4.99. The van der Waals surface area contributed by atoms with Crippen molar-refractivity contribution in [2.75, 3.05) is 13.6 Å². The van der Waals surface area contributed by atoms with Gasteiger partial charge in [0, 0.05) is 43.1 Å². The molecule has 0 saturated heterocycles. The van der Waals surface area contributed by atoms with Gasteiger partial charge in [-0.3, -0.25) is 0 Å². The van der Waals surface area contributed by atoms with Gasteiger partial charge in [-0.25, -0.2) is 0 Å². The fraction of sp³-hybridized carbons (Fsp3) is 0.391. The molecule has 1 aromatic heterocycles. The molecule has 5 rings (SSSR count). The predicted molar refractivity (Wildman–Crippen MR) is 104 cm³/mol. The van der Waals surface area contributed by atoms with E-state index in [-0.39, 0.29) is 0 Å². The Balaban J connectivity index is 1.71. The Labute approximate surface area is 150 Å². The molecule has 0 N–H and O–H groups in total. The van der Waals surface area contributed by atoms with Crippen molar-refractivity contribution in [3.63, 3.8) is 0 Å². The molecule has 2 aromatic carbocycles. The summed E-state index contributed by atoms with van der Waals surface area (Å²) in [4.78, 5) is 2.47. The Morgan fingerprint density at radius 1 is 1.04 bits per heavy atom. The number of aryl methyl sites for hydroxylation is 2. The summed E-state index contributed by atoms with van der Waals surface area (Å²) in [5, 5.41) is 1.52. The van der Waals surface area contributed by atoms with Crippen LogP contribution >= 0.6 is 0 Å². The molecule has 0 aliphatic carbocycles. The van der Waals surface area contributed by atoms with Crippen LogP contribution in [0.3, 0.4) is 0 Å². The van der Waals surface area contributed by atoms with E-state index in [1.54, 1.807) is 16.8 Å². The molecule has 0 amide bonds. The van der Waals surface area contributed by atoms with Crippen LogP contribution in [0.4, 0.5) is 0 Å². The number of benzene rings is 2. The van der Waals surface area contributed by atoms with Gasteiger partial charge in [-0.15, -0.1) is 0 Å². The van der Waals surface area contributed by atoms with Crippen LogP contribution in [-0.2, 0) is 25.9 Å². The van der Waals surface area contributed by atoms with E-state index in [0.29, 0.717) is 5.92 Å². The molecule has 128 valence electrons. The van der Waals surface area contributed by atoms with Crippen molar-refractivity contribution in [1.82, 2.24) is 9.47 Å². The topological polar surface area (TPSA) is 8.17 Å². The van der Waals surface area contributed by atoms with Crippen molar-refractivity contribution >= 4 is 10.9 Å². The van der Waals surface area contributed by atoms with E-state index in [1.165, 1.54) is 47.8 Å². The highest BCUT2D eigenvalue weighted by molar-refractivity contribution is 5.89. The predicted octanol–water partition coefficient (Wildman–Crippen LogP) is 4.67. The van der Waals surface area contributed by atoms with E-state index in [0.717, 1.165) is 13.1 Å². The quantitative estimate of drug-likeness (QED) is 0.629. The van der Waals surface area contributed by atoms with Crippen LogP contribution in [-0.4, -0.2) is 23.1 Å². The van der Waals surface area contributed by atoms with Crippen molar-refractivity contribution in [3.05, 3.63) is 70.4 Å². The van der Waals surface area contributed by atoms with Crippen molar-refractivity contribution in [2.45, 2.75) is 45.2 Å². The van der Waals surface area contributed by atoms with Gasteiger partial charge >= 0.3 is 0 Å². The summed E-state index contributed by atoms with van der Waals surface area (Å²) >= 11 is 0. The summed E-state index contributed by atoms with van der Waals surface area (Å²) in [6.45, 7) is 5.66. The molecule has 1 atom stereocenters. The van der Waals surface area contributed by atoms with E-state index in [4.69, 9.17) is 0 Å². The lowest BCUT2D eigenvalue weighted by atomic mass is 9.92. The van der Waals surface area contributed by atoms with Crippen molar-refractivity contribution < 1.29 is 0 Å². The molecule has 0 fully saturated rings. The van der Waals surface area contributed by atoms with Crippen molar-refractivity contribution in [3.8, 4) is 0 Å². The van der Waals surface area contributed by atoms with Gasteiger partial charge in [0.25, 0.3) is 0 Å². The van der Waals surface area contributed by atoms with Gasteiger partial charge in [-0.05, 0) is 49.6 Å². The van der Waals surface area contributed by atoms with Crippen LogP contribution in [0.1, 0.15) is 40.3 Å². The number of hydrogen-bond donors (Lipinski definition) is 0. The Bertz CT molecular complexity index is 936. The first kappa shape index (κ1) is 15.2. The number of aromatic nitrogens is 1. The van der Waals surface area contributed by atoms with Gasteiger partial charge in [0.15, 0.2) is 0 Å². The van der Waals surface area contributed by atoms with Gasteiger partial charge < -0.3 is 9.47 Å². The minimum atomic E-state index is 0.619. The van der Waals surface area contributed by atoms with Crippen LogP contribution < -0.4 is 0 Å². The van der Waals surface area contributed by atoms with Gasteiger partial charge in [0.2, 0.25) is 0 Å². The van der Waals surface area contributed by atoms with Gasteiger partial charge in [0.1, 0.15) is 0 Å². The normalized spacial score (nSPS) is 20.5. The zero-order valence-corrected chi connectivity index (χ0v) is 15.3. The fourth-order valence-corrected chi connectivity index (χ4v) is 4.99. The van der Waals surface area contributed by atoms with Crippen LogP contribution in [0.5, 0.6) is 0 Å². The van der Waals surface area contributed by atoms with E-state index in [1.807, 2.05) is 0 Å². The maximum atomic E-state index is 2.69. The molecule has 0 bridgehead atoms. The number of likely N-dealkylation sites (N-methyl/N-ethyl adjacent to an activating group) is 1. The lowest BCUT2D eigenvalue weighted by molar-refractivity contribution is 0.308. The third-order valence-corrected chi connectivity index (χ3v) is 6.20. The van der Waals surface area contributed by atoms with E-state index >= 15 is 0 Å². The molecular formula is C23H26N2. The Morgan fingerprint density at radius 2 is 1.88 bits per heavy atom. The average Bonchev–Trinajstić information content (AvgIpc) is 2.79. The first-order valence-corrected chi connectivity index (χ1v) is 9.57. The zero-order chi connectivity index (χ0) is 17.0. The minimum Gasteiger partial charge on any atom is -0.343 e. The summed E-state index contributed by atoms with van der Waals surface area (Å²) in [6, 6.07) is 16.0. The molecular weight excluding hydrogens is 304 g/mol. The standard InChI is InChI=1S/C23H26N2/c1-16-12-18-8-9-19(17-6-4-3-5-7-17)14-25-22-10-11-24(2)15-21(22)20(13-16)23(18)25/h3-7,12-13,19H,8-11,14-15H2,1-2H3. The molecule has 0 saturated carbocycles. The SMILES string of the molecule is Cc1cc2c3c(c1)c1c(n3CC(c3ccccc3)CC2)CCN(C)C1. The smallest absolute Gasteiger partial charge is 0.0518 e. The zero-order valence-electron chi connectivity index (χ0n) is 15.3. The van der Waals surface area contributed by atoms with Crippen LogP contribution in [0.15, 0.2) is 42.5 Å². The summed E-state index contributed by atoms with van der Waals surface area (Å²) in [5.74, 6) is 0.619. The molecule has 1 unspecified atom stereocenters. The second-order valence-electron chi connectivity index (χ2n) is 7.99. The molecule has 0 spiro atoms. The lowest BCUT2D eigenvalue weighted by Crippen LogP contribution is -2.27. The maximum Gasteiger partial charge on any atom is 0.0518 e. The minimum absolute atomic E-state index is 0.619. The Morgan fingerprint density at radius 3 is 2.72 bits per heavy atom. The molecule has 2 heteroatoms. The molecule has 2 aliphatic heterocycles. The monoisotopic (exact) mass is 330 g/mol. The second kappa shape index (κ2) is 5.74. The van der Waals surface area contributed by atoms with E-state index in [9.17, 15) is 0 Å². The highest BCUT2D eigenvalue weighted by Crippen LogP contribution is 2.39. The first-order chi connectivity index (χ1) is 12.2. The Hall–Kier alpha value is -2.06. The third-order valence-electron chi connectivity index (χ3n) is 6.20. The molecule has 3 heterocycles. The van der Waals surface area contributed by atoms with E-state index in [2.05, 4.69) is 65.9 Å². The summed E-state index contributed by atoms with van der Waals surface area (Å²) in [5.41, 5.74) is 9.18.